The molecule has 88 valence electrons. The zero-order chi connectivity index (χ0) is 12.1. The van der Waals surface area contributed by atoms with Crippen molar-refractivity contribution in [3.63, 3.8) is 0 Å². The maximum Gasteiger partial charge on any atom is 0.418 e. The van der Waals surface area contributed by atoms with E-state index in [2.05, 4.69) is 15.9 Å². The van der Waals surface area contributed by atoms with Gasteiger partial charge in [0, 0.05) is 13.0 Å². The molecule has 2 rings (SSSR count). The summed E-state index contributed by atoms with van der Waals surface area (Å²) >= 11 is 2.93. The Labute approximate surface area is 96.4 Å². The predicted octanol–water partition coefficient (Wildman–Crippen LogP) is 3.19. The van der Waals surface area contributed by atoms with Crippen LogP contribution in [0.2, 0.25) is 0 Å². The second-order valence-corrected chi connectivity index (χ2v) is 4.31. The number of alkyl halides is 4. The van der Waals surface area contributed by atoms with E-state index in [9.17, 15) is 22.4 Å². The number of carbonyl (C=O) groups is 1. The van der Waals surface area contributed by atoms with E-state index >= 15 is 0 Å². The SMILES string of the molecule is O=C1c2c(C(F)(F)F)cc(Br)n2CCC1F. The van der Waals surface area contributed by atoms with Crippen molar-refractivity contribution < 1.29 is 22.4 Å². The van der Waals surface area contributed by atoms with E-state index in [1.165, 1.54) is 0 Å². The van der Waals surface area contributed by atoms with E-state index in [1.807, 2.05) is 0 Å². The number of aromatic nitrogens is 1. The highest BCUT2D eigenvalue weighted by Crippen LogP contribution is 2.38. The van der Waals surface area contributed by atoms with Crippen LogP contribution in [-0.2, 0) is 12.7 Å². The van der Waals surface area contributed by atoms with Gasteiger partial charge in [-0.3, -0.25) is 4.79 Å². The predicted molar refractivity (Wildman–Crippen MR) is 51.0 cm³/mol. The fourth-order valence-electron chi connectivity index (χ4n) is 1.74. The first kappa shape index (κ1) is 11.6. The molecule has 0 fully saturated rings. The van der Waals surface area contributed by atoms with Crippen LogP contribution < -0.4 is 0 Å². The van der Waals surface area contributed by atoms with Gasteiger partial charge in [0.15, 0.2) is 6.17 Å². The van der Waals surface area contributed by atoms with E-state index in [-0.39, 0.29) is 17.6 Å². The highest BCUT2D eigenvalue weighted by Gasteiger charge is 2.42. The molecule has 0 saturated heterocycles. The standard InChI is InChI=1S/C9H6BrF4NO/c10-6-3-4(9(12,13)14)7-8(16)5(11)1-2-15(6)7/h3,5H,1-2H2. The Hall–Kier alpha value is -0.850. The molecule has 0 bridgehead atoms. The van der Waals surface area contributed by atoms with E-state index in [0.29, 0.717) is 0 Å². The third-order valence-electron chi connectivity index (χ3n) is 2.48. The molecule has 0 spiro atoms. The fourth-order valence-corrected chi connectivity index (χ4v) is 2.32. The van der Waals surface area contributed by atoms with Crippen molar-refractivity contribution in [3.05, 3.63) is 21.9 Å². The van der Waals surface area contributed by atoms with Gasteiger partial charge in [-0.25, -0.2) is 4.39 Å². The zero-order valence-corrected chi connectivity index (χ0v) is 9.40. The summed E-state index contributed by atoms with van der Waals surface area (Å²) in [6, 6.07) is 0.811. The number of rotatable bonds is 0. The second-order valence-electron chi connectivity index (χ2n) is 3.50. The Morgan fingerprint density at radius 2 is 2.06 bits per heavy atom. The van der Waals surface area contributed by atoms with Gasteiger partial charge in [-0.1, -0.05) is 0 Å². The first-order valence-corrected chi connectivity index (χ1v) is 5.26. The number of fused-ring (bicyclic) bond motifs is 1. The van der Waals surface area contributed by atoms with Gasteiger partial charge < -0.3 is 4.57 Å². The highest BCUT2D eigenvalue weighted by molar-refractivity contribution is 9.10. The van der Waals surface area contributed by atoms with Crippen molar-refractivity contribution >= 4 is 21.7 Å². The van der Waals surface area contributed by atoms with E-state index in [4.69, 9.17) is 0 Å². The van der Waals surface area contributed by atoms with Crippen molar-refractivity contribution in [2.75, 3.05) is 0 Å². The van der Waals surface area contributed by atoms with Crippen molar-refractivity contribution in [1.82, 2.24) is 4.57 Å². The third-order valence-corrected chi connectivity index (χ3v) is 3.13. The molecule has 0 amide bonds. The lowest BCUT2D eigenvalue weighted by Gasteiger charge is -2.20. The molecular weight excluding hydrogens is 294 g/mol. The van der Waals surface area contributed by atoms with Gasteiger partial charge in [-0.05, 0) is 22.0 Å². The normalized spacial score (nSPS) is 21.1. The highest BCUT2D eigenvalue weighted by atomic mass is 79.9. The molecule has 2 nitrogen and oxygen atoms in total. The monoisotopic (exact) mass is 299 g/mol. The maximum absolute atomic E-state index is 13.1. The zero-order valence-electron chi connectivity index (χ0n) is 7.81. The van der Waals surface area contributed by atoms with Crippen LogP contribution in [0.1, 0.15) is 22.5 Å². The smallest absolute Gasteiger partial charge is 0.332 e. The topological polar surface area (TPSA) is 22.0 Å². The first-order valence-electron chi connectivity index (χ1n) is 4.47. The molecule has 1 aliphatic heterocycles. The lowest BCUT2D eigenvalue weighted by Crippen LogP contribution is -2.29. The van der Waals surface area contributed by atoms with E-state index in [0.717, 1.165) is 10.6 Å². The minimum absolute atomic E-state index is 0.0684. The number of hydrogen-bond donors (Lipinski definition) is 0. The molecule has 1 aliphatic rings. The Balaban J connectivity index is 2.63. The van der Waals surface area contributed by atoms with Gasteiger partial charge in [0.2, 0.25) is 5.78 Å². The Kier molecular flexibility index (Phi) is 2.60. The fraction of sp³-hybridized carbons (Fsp3) is 0.444. The molecule has 2 heterocycles. The van der Waals surface area contributed by atoms with Gasteiger partial charge in [0.1, 0.15) is 5.69 Å². The molecule has 0 saturated carbocycles. The minimum atomic E-state index is -4.64. The van der Waals surface area contributed by atoms with Crippen LogP contribution in [0.25, 0.3) is 0 Å². The van der Waals surface area contributed by atoms with Crippen LogP contribution >= 0.6 is 15.9 Å². The summed E-state index contributed by atoms with van der Waals surface area (Å²) in [5, 5.41) is 0. The van der Waals surface area contributed by atoms with Crippen LogP contribution in [-0.4, -0.2) is 16.5 Å². The first-order chi connectivity index (χ1) is 7.32. The Morgan fingerprint density at radius 3 is 2.62 bits per heavy atom. The molecule has 1 aromatic rings. The van der Waals surface area contributed by atoms with Crippen LogP contribution in [0.3, 0.4) is 0 Å². The number of hydrogen-bond acceptors (Lipinski definition) is 1. The summed E-state index contributed by atoms with van der Waals surface area (Å²) in [6.45, 7) is 0.0684. The minimum Gasteiger partial charge on any atom is -0.332 e. The van der Waals surface area contributed by atoms with Crippen molar-refractivity contribution in [3.8, 4) is 0 Å². The average Bonchev–Trinajstić information content (AvgIpc) is 2.50. The van der Waals surface area contributed by atoms with Crippen molar-refractivity contribution in [2.24, 2.45) is 0 Å². The van der Waals surface area contributed by atoms with E-state index < -0.39 is 29.4 Å². The van der Waals surface area contributed by atoms with Gasteiger partial charge in [-0.15, -0.1) is 0 Å². The molecule has 0 N–H and O–H groups in total. The quantitative estimate of drug-likeness (QED) is 0.674. The number of nitrogens with zero attached hydrogens (tertiary/aromatic N) is 1. The molecule has 0 aromatic carbocycles. The molecule has 1 aromatic heterocycles. The van der Waals surface area contributed by atoms with Crippen molar-refractivity contribution in [2.45, 2.75) is 25.3 Å². The Morgan fingerprint density at radius 1 is 1.44 bits per heavy atom. The average molecular weight is 300 g/mol. The molecule has 0 radical (unpaired) electrons. The van der Waals surface area contributed by atoms with Crippen molar-refractivity contribution in [1.29, 1.82) is 0 Å². The third kappa shape index (κ3) is 1.66. The van der Waals surface area contributed by atoms with Crippen LogP contribution in [0, 0.1) is 0 Å². The molecule has 1 unspecified atom stereocenters. The lowest BCUT2D eigenvalue weighted by atomic mass is 10.0. The number of Topliss-reactive ketones (excluding diaryl/α,β-unsaturated/α-hetero) is 1. The van der Waals surface area contributed by atoms with Gasteiger partial charge in [0.25, 0.3) is 0 Å². The van der Waals surface area contributed by atoms with Crippen LogP contribution in [0.15, 0.2) is 10.7 Å². The number of carbonyl (C=O) groups excluding carboxylic acids is 1. The van der Waals surface area contributed by atoms with Gasteiger partial charge in [0.05, 0.1) is 10.2 Å². The molecule has 7 heteroatoms. The molecule has 16 heavy (non-hydrogen) atoms. The van der Waals surface area contributed by atoms with Crippen LogP contribution in [0.5, 0.6) is 0 Å². The summed E-state index contributed by atoms with van der Waals surface area (Å²) < 4.78 is 52.1. The maximum atomic E-state index is 13.1. The summed E-state index contributed by atoms with van der Waals surface area (Å²) in [7, 11) is 0. The molecule has 1 atom stereocenters. The molecular formula is C9H6BrF4NO. The summed E-state index contributed by atoms with van der Waals surface area (Å²) in [4.78, 5) is 11.4. The van der Waals surface area contributed by atoms with Gasteiger partial charge in [-0.2, -0.15) is 13.2 Å². The largest absolute Gasteiger partial charge is 0.418 e. The Bertz CT molecular complexity index is 451. The summed E-state index contributed by atoms with van der Waals surface area (Å²) in [5.41, 5.74) is -1.66. The molecule has 0 aliphatic carbocycles. The lowest BCUT2D eigenvalue weighted by molar-refractivity contribution is -0.138. The summed E-state index contributed by atoms with van der Waals surface area (Å²) in [5.74, 6) is -1.09. The number of halogens is 5. The van der Waals surface area contributed by atoms with Crippen LogP contribution in [0.4, 0.5) is 17.6 Å². The second kappa shape index (κ2) is 3.58. The van der Waals surface area contributed by atoms with E-state index in [1.54, 1.807) is 0 Å². The van der Waals surface area contributed by atoms with Gasteiger partial charge >= 0.3 is 6.18 Å². The number of ketones is 1. The summed E-state index contributed by atoms with van der Waals surface area (Å²) in [6.07, 6.45) is -6.57.